The van der Waals surface area contributed by atoms with Crippen molar-refractivity contribution in [1.29, 1.82) is 0 Å². The lowest BCUT2D eigenvalue weighted by atomic mass is 10.3. The maximum absolute atomic E-state index is 11.9. The molecule has 23 heavy (non-hydrogen) atoms. The fourth-order valence-electron chi connectivity index (χ4n) is 1.52. The molecule has 0 aliphatic rings. The van der Waals surface area contributed by atoms with Gasteiger partial charge in [0.2, 0.25) is 5.13 Å². The predicted octanol–water partition coefficient (Wildman–Crippen LogP) is 5.11. The summed E-state index contributed by atoms with van der Waals surface area (Å²) >= 11 is 6.23. The maximum atomic E-state index is 11.9. The van der Waals surface area contributed by atoms with Crippen molar-refractivity contribution < 1.29 is 17.9 Å². The van der Waals surface area contributed by atoms with E-state index >= 15 is 0 Å². The van der Waals surface area contributed by atoms with Gasteiger partial charge in [0.25, 0.3) is 0 Å². The quantitative estimate of drug-likeness (QED) is 0.468. The van der Waals surface area contributed by atoms with E-state index in [-0.39, 0.29) is 6.61 Å². The van der Waals surface area contributed by atoms with Crippen molar-refractivity contribution in [1.82, 2.24) is 10.2 Å². The lowest BCUT2D eigenvalue weighted by Crippen LogP contribution is -2.17. The number of nitrogens with one attached hydrogen (secondary N) is 1. The number of rotatable bonds is 8. The zero-order chi connectivity index (χ0) is 16.7. The van der Waals surface area contributed by atoms with Crippen molar-refractivity contribution in [2.45, 2.75) is 16.9 Å². The molecule has 1 aromatic heterocycles. The summed E-state index contributed by atoms with van der Waals surface area (Å²) in [5.74, 6) is 0.628. The Hall–Kier alpha value is -0.840. The summed E-state index contributed by atoms with van der Waals surface area (Å²) in [7, 11) is 0. The Kier molecular flexibility index (Phi) is 7.12. The van der Waals surface area contributed by atoms with Crippen molar-refractivity contribution >= 4 is 49.8 Å². The third kappa shape index (κ3) is 7.51. The van der Waals surface area contributed by atoms with Gasteiger partial charge in [-0.25, -0.2) is 0 Å². The van der Waals surface area contributed by atoms with Gasteiger partial charge < -0.3 is 10.1 Å². The summed E-state index contributed by atoms with van der Waals surface area (Å²) in [4.78, 5) is 0. The first-order valence-electron chi connectivity index (χ1n) is 6.56. The van der Waals surface area contributed by atoms with Crippen LogP contribution in [0.3, 0.4) is 0 Å². The summed E-state index contributed by atoms with van der Waals surface area (Å²) in [5.41, 5.74) is 0.896. The highest BCUT2D eigenvalue weighted by Gasteiger charge is 2.27. The van der Waals surface area contributed by atoms with Gasteiger partial charge in [-0.05, 0) is 24.6 Å². The van der Waals surface area contributed by atoms with Crippen molar-refractivity contribution in [3.05, 3.63) is 28.7 Å². The van der Waals surface area contributed by atoms with Crippen LogP contribution in [-0.2, 0) is 4.74 Å². The third-order valence-corrected chi connectivity index (χ3v) is 4.96. The Labute approximate surface area is 148 Å². The molecule has 0 amide bonds. The van der Waals surface area contributed by atoms with E-state index in [2.05, 4.69) is 36.2 Å². The van der Waals surface area contributed by atoms with Gasteiger partial charge in [-0.1, -0.05) is 45.1 Å². The second kappa shape index (κ2) is 8.86. The van der Waals surface area contributed by atoms with Crippen LogP contribution < -0.4 is 5.32 Å². The van der Waals surface area contributed by atoms with Gasteiger partial charge in [-0.2, -0.15) is 13.2 Å². The van der Waals surface area contributed by atoms with Crippen LogP contribution in [0.4, 0.5) is 24.0 Å². The molecule has 0 aliphatic heterocycles. The average molecular weight is 428 g/mol. The Morgan fingerprint density at radius 2 is 2.13 bits per heavy atom. The monoisotopic (exact) mass is 427 g/mol. The van der Waals surface area contributed by atoms with Gasteiger partial charge in [0.15, 0.2) is 4.34 Å². The second-order valence-electron chi connectivity index (χ2n) is 4.38. The molecule has 1 N–H and O–H groups in total. The van der Waals surface area contributed by atoms with Crippen LogP contribution in [0.25, 0.3) is 0 Å². The number of benzene rings is 1. The van der Waals surface area contributed by atoms with Crippen LogP contribution in [0.15, 0.2) is 33.1 Å². The van der Waals surface area contributed by atoms with Crippen LogP contribution in [0.1, 0.15) is 6.42 Å². The van der Waals surface area contributed by atoms with E-state index in [1.807, 2.05) is 24.3 Å². The normalized spacial score (nSPS) is 11.7. The van der Waals surface area contributed by atoms with Gasteiger partial charge in [-0.15, -0.1) is 10.2 Å². The Balaban J connectivity index is 1.69. The molecule has 0 radical (unpaired) electrons. The number of nitrogens with zero attached hydrogens (tertiary/aromatic N) is 2. The van der Waals surface area contributed by atoms with Gasteiger partial charge in [0.1, 0.15) is 6.61 Å². The van der Waals surface area contributed by atoms with Crippen LogP contribution in [0.5, 0.6) is 0 Å². The molecule has 10 heteroatoms. The number of alkyl halides is 3. The number of hydrogen-bond donors (Lipinski definition) is 1. The van der Waals surface area contributed by atoms with Crippen molar-refractivity contribution in [2.75, 3.05) is 24.3 Å². The molecule has 0 atom stereocenters. The van der Waals surface area contributed by atoms with Gasteiger partial charge in [0, 0.05) is 22.5 Å². The molecule has 2 rings (SSSR count). The summed E-state index contributed by atoms with van der Waals surface area (Å²) in [6, 6.07) is 7.67. The highest BCUT2D eigenvalue weighted by molar-refractivity contribution is 9.10. The maximum Gasteiger partial charge on any atom is 0.411 e. The minimum Gasteiger partial charge on any atom is -0.372 e. The molecule has 126 valence electrons. The van der Waals surface area contributed by atoms with E-state index < -0.39 is 12.8 Å². The molecule has 0 saturated heterocycles. The summed E-state index contributed by atoms with van der Waals surface area (Å²) in [6.45, 7) is -1.12. The summed E-state index contributed by atoms with van der Waals surface area (Å²) < 4.78 is 41.9. The van der Waals surface area contributed by atoms with Gasteiger partial charge in [-0.3, -0.25) is 0 Å². The van der Waals surface area contributed by atoms with Crippen LogP contribution in [-0.4, -0.2) is 35.3 Å². The highest BCUT2D eigenvalue weighted by atomic mass is 79.9. The SMILES string of the molecule is FC(F)(F)COCCCSc1nnc(Nc2cccc(Br)c2)s1. The van der Waals surface area contributed by atoms with Crippen molar-refractivity contribution in [3.63, 3.8) is 0 Å². The molecule has 0 spiro atoms. The molecule has 0 fully saturated rings. The first-order valence-corrected chi connectivity index (χ1v) is 9.15. The zero-order valence-electron chi connectivity index (χ0n) is 11.8. The van der Waals surface area contributed by atoms with Gasteiger partial charge >= 0.3 is 6.18 Å². The van der Waals surface area contributed by atoms with E-state index in [1.54, 1.807) is 0 Å². The lowest BCUT2D eigenvalue weighted by Gasteiger charge is -2.06. The molecule has 4 nitrogen and oxygen atoms in total. The van der Waals surface area contributed by atoms with E-state index in [1.165, 1.54) is 23.1 Å². The minimum absolute atomic E-state index is 0.0778. The molecule has 2 aromatic rings. The van der Waals surface area contributed by atoms with Crippen LogP contribution >= 0.6 is 39.0 Å². The van der Waals surface area contributed by atoms with E-state index in [0.717, 1.165) is 14.5 Å². The average Bonchev–Trinajstić information content (AvgIpc) is 2.89. The Morgan fingerprint density at radius 3 is 2.87 bits per heavy atom. The van der Waals surface area contributed by atoms with Crippen LogP contribution in [0.2, 0.25) is 0 Å². The largest absolute Gasteiger partial charge is 0.411 e. The standard InChI is InChI=1S/C13H13BrF3N3OS2/c14-9-3-1-4-10(7-9)18-11-19-20-12(23-11)22-6-2-5-21-8-13(15,16)17/h1,3-4,7H,2,5-6,8H2,(H,18,19). The van der Waals surface area contributed by atoms with E-state index in [4.69, 9.17) is 0 Å². The van der Waals surface area contributed by atoms with Crippen LogP contribution in [0, 0.1) is 0 Å². The van der Waals surface area contributed by atoms with Crippen molar-refractivity contribution in [2.24, 2.45) is 0 Å². The Morgan fingerprint density at radius 1 is 1.30 bits per heavy atom. The highest BCUT2D eigenvalue weighted by Crippen LogP contribution is 2.28. The second-order valence-corrected chi connectivity index (χ2v) is 7.61. The number of aromatic nitrogens is 2. The molecular formula is C13H13BrF3N3OS2. The molecule has 1 heterocycles. The summed E-state index contributed by atoms with van der Waals surface area (Å²) in [5, 5.41) is 11.9. The van der Waals surface area contributed by atoms with Gasteiger partial charge in [0.05, 0.1) is 0 Å². The number of hydrogen-bond acceptors (Lipinski definition) is 6. The van der Waals surface area contributed by atoms with E-state index in [0.29, 0.717) is 17.3 Å². The smallest absolute Gasteiger partial charge is 0.372 e. The number of halogens is 4. The zero-order valence-corrected chi connectivity index (χ0v) is 15.0. The molecule has 0 unspecified atom stereocenters. The number of anilines is 2. The molecular weight excluding hydrogens is 415 g/mol. The first-order chi connectivity index (χ1) is 10.9. The lowest BCUT2D eigenvalue weighted by molar-refractivity contribution is -0.173. The predicted molar refractivity (Wildman–Crippen MR) is 89.5 cm³/mol. The molecule has 0 aliphatic carbocycles. The molecule has 0 bridgehead atoms. The molecule has 0 saturated carbocycles. The Bertz CT molecular complexity index is 625. The third-order valence-electron chi connectivity index (χ3n) is 2.41. The fraction of sp³-hybridized carbons (Fsp3) is 0.385. The summed E-state index contributed by atoms with van der Waals surface area (Å²) in [6.07, 6.45) is -3.74. The number of ether oxygens (including phenoxy) is 1. The van der Waals surface area contributed by atoms with E-state index in [9.17, 15) is 13.2 Å². The van der Waals surface area contributed by atoms with Crippen molar-refractivity contribution in [3.8, 4) is 0 Å². The molecule has 1 aromatic carbocycles. The fourth-order valence-corrected chi connectivity index (χ4v) is 3.67. The minimum atomic E-state index is -4.26. The first kappa shape index (κ1) is 18.5. The number of thioether (sulfide) groups is 1. The topological polar surface area (TPSA) is 47.0 Å².